The quantitative estimate of drug-likeness (QED) is 0.573. The Morgan fingerprint density at radius 2 is 2.50 bits per heavy atom. The third-order valence-electron chi connectivity index (χ3n) is 1.52. The maximum absolute atomic E-state index is 10.7. The van der Waals surface area contributed by atoms with E-state index in [1.54, 1.807) is 0 Å². The number of ether oxygens (including phenoxy) is 1. The first kappa shape index (κ1) is 10.1. The molecule has 0 aromatic carbocycles. The molecule has 1 N–H and O–H groups in total. The van der Waals surface area contributed by atoms with Gasteiger partial charge in [-0.25, -0.2) is 4.79 Å². The second kappa shape index (κ2) is 4.87. The zero-order valence-corrected chi connectivity index (χ0v) is 7.43. The van der Waals surface area contributed by atoms with E-state index < -0.39 is 5.97 Å². The minimum atomic E-state index is -1.06. The fraction of sp³-hybridized carbons (Fsp3) is 0.200. The van der Waals surface area contributed by atoms with Gasteiger partial charge in [-0.1, -0.05) is 0 Å². The van der Waals surface area contributed by atoms with Gasteiger partial charge in [0.1, 0.15) is 11.3 Å². The second-order valence-electron chi connectivity index (χ2n) is 2.48. The zero-order valence-electron chi connectivity index (χ0n) is 7.43. The highest BCUT2D eigenvalue weighted by molar-refractivity contribution is 5.90. The second-order valence-corrected chi connectivity index (χ2v) is 2.48. The summed E-state index contributed by atoms with van der Waals surface area (Å²) in [7, 11) is 0. The molecule has 0 amide bonds. The first-order valence-electron chi connectivity index (χ1n) is 3.99. The molecule has 0 aliphatic rings. The Balaban J connectivity index is 2.75. The average Bonchev–Trinajstić information content (AvgIpc) is 2.19. The van der Waals surface area contributed by atoms with Crippen molar-refractivity contribution >= 4 is 5.97 Å². The van der Waals surface area contributed by atoms with Gasteiger partial charge < -0.3 is 9.84 Å². The van der Waals surface area contributed by atoms with E-state index in [4.69, 9.17) is 16.3 Å². The van der Waals surface area contributed by atoms with Crippen LogP contribution >= 0.6 is 0 Å². The predicted molar refractivity (Wildman–Crippen MR) is 50.1 cm³/mol. The van der Waals surface area contributed by atoms with Crippen molar-refractivity contribution in [2.24, 2.45) is 0 Å². The molecule has 0 aliphatic heterocycles. The van der Waals surface area contributed by atoms with Crippen molar-refractivity contribution in [3.05, 3.63) is 24.0 Å². The summed E-state index contributed by atoms with van der Waals surface area (Å²) in [4.78, 5) is 14.4. The number of nitrogens with zero attached hydrogens (tertiary/aromatic N) is 1. The van der Waals surface area contributed by atoms with Crippen molar-refractivity contribution in [2.75, 3.05) is 6.61 Å². The minimum absolute atomic E-state index is 0.0459. The van der Waals surface area contributed by atoms with Crippen molar-refractivity contribution < 1.29 is 14.6 Å². The Kier molecular flexibility index (Phi) is 3.50. The molecule has 0 radical (unpaired) electrons. The third-order valence-corrected chi connectivity index (χ3v) is 1.52. The van der Waals surface area contributed by atoms with Crippen LogP contribution in [0.15, 0.2) is 18.5 Å². The summed E-state index contributed by atoms with van der Waals surface area (Å²) in [5.74, 6) is 1.63. The number of carbonyl (C=O) groups is 1. The van der Waals surface area contributed by atoms with Crippen LogP contribution in [-0.2, 0) is 0 Å². The number of rotatable bonds is 4. The summed E-state index contributed by atoms with van der Waals surface area (Å²) in [6.07, 6.45) is 8.19. The summed E-state index contributed by atoms with van der Waals surface area (Å²) < 4.78 is 5.18. The summed E-state index contributed by atoms with van der Waals surface area (Å²) >= 11 is 0. The van der Waals surface area contributed by atoms with Gasteiger partial charge in [0.05, 0.1) is 6.61 Å². The van der Waals surface area contributed by atoms with Gasteiger partial charge in [0.15, 0.2) is 0 Å². The highest BCUT2D eigenvalue weighted by Gasteiger charge is 2.10. The lowest BCUT2D eigenvalue weighted by Crippen LogP contribution is -2.04. The molecule has 4 nitrogen and oxygen atoms in total. The molecule has 0 atom stereocenters. The molecule has 0 bridgehead atoms. The number of aromatic nitrogens is 1. The maximum atomic E-state index is 10.7. The average molecular weight is 191 g/mol. The van der Waals surface area contributed by atoms with Gasteiger partial charge in [0.25, 0.3) is 0 Å². The van der Waals surface area contributed by atoms with E-state index in [2.05, 4.69) is 10.9 Å². The van der Waals surface area contributed by atoms with Crippen LogP contribution in [-0.4, -0.2) is 22.7 Å². The molecule has 0 fully saturated rings. The lowest BCUT2D eigenvalue weighted by Gasteiger charge is -2.05. The number of carboxylic acid groups (broad SMARTS) is 1. The Morgan fingerprint density at radius 3 is 3.14 bits per heavy atom. The van der Waals surface area contributed by atoms with Crippen molar-refractivity contribution in [2.45, 2.75) is 6.42 Å². The summed E-state index contributed by atoms with van der Waals surface area (Å²) in [5.41, 5.74) is 0.0459. The number of hydrogen-bond donors (Lipinski definition) is 1. The van der Waals surface area contributed by atoms with Crippen LogP contribution in [0.2, 0.25) is 0 Å². The largest absolute Gasteiger partial charge is 0.492 e. The van der Waals surface area contributed by atoms with Crippen molar-refractivity contribution in [1.29, 1.82) is 0 Å². The monoisotopic (exact) mass is 191 g/mol. The smallest absolute Gasteiger partial charge is 0.341 e. The fourth-order valence-electron chi connectivity index (χ4n) is 0.888. The van der Waals surface area contributed by atoms with E-state index in [0.717, 1.165) is 0 Å². The first-order chi connectivity index (χ1) is 6.75. The lowest BCUT2D eigenvalue weighted by atomic mass is 10.2. The maximum Gasteiger partial charge on any atom is 0.341 e. The molecule has 72 valence electrons. The topological polar surface area (TPSA) is 59.4 Å². The molecule has 1 aromatic heterocycles. The van der Waals surface area contributed by atoms with Crippen LogP contribution in [0, 0.1) is 12.3 Å². The summed E-state index contributed by atoms with van der Waals surface area (Å²) in [6.45, 7) is 0.306. The fourth-order valence-corrected chi connectivity index (χ4v) is 0.888. The number of aromatic carboxylic acids is 1. The number of terminal acetylenes is 1. The van der Waals surface area contributed by atoms with Gasteiger partial charge in [-0.2, -0.15) is 0 Å². The summed E-state index contributed by atoms with van der Waals surface area (Å²) in [5, 5.41) is 8.76. The van der Waals surface area contributed by atoms with Crippen molar-refractivity contribution in [3.63, 3.8) is 0 Å². The molecular formula is C10H9NO3. The van der Waals surface area contributed by atoms with Gasteiger partial charge in [-0.05, 0) is 6.07 Å². The van der Waals surface area contributed by atoms with E-state index in [9.17, 15) is 4.79 Å². The van der Waals surface area contributed by atoms with Gasteiger partial charge >= 0.3 is 5.97 Å². The van der Waals surface area contributed by atoms with E-state index in [1.807, 2.05) is 0 Å². The Hall–Kier alpha value is -2.02. The van der Waals surface area contributed by atoms with Gasteiger partial charge in [0.2, 0.25) is 0 Å². The van der Waals surface area contributed by atoms with Crippen LogP contribution in [0.4, 0.5) is 0 Å². The zero-order chi connectivity index (χ0) is 10.4. The number of hydrogen-bond acceptors (Lipinski definition) is 3. The van der Waals surface area contributed by atoms with Crippen molar-refractivity contribution in [3.8, 4) is 18.1 Å². The third kappa shape index (κ3) is 2.49. The van der Waals surface area contributed by atoms with Crippen LogP contribution in [0.3, 0.4) is 0 Å². The van der Waals surface area contributed by atoms with Gasteiger partial charge in [-0.15, -0.1) is 12.3 Å². The Labute approximate surface area is 81.5 Å². The normalized spacial score (nSPS) is 9.07. The predicted octanol–water partition coefficient (Wildman–Crippen LogP) is 1.18. The van der Waals surface area contributed by atoms with Crippen LogP contribution < -0.4 is 4.74 Å². The van der Waals surface area contributed by atoms with E-state index in [-0.39, 0.29) is 5.56 Å². The molecule has 1 aromatic rings. The van der Waals surface area contributed by atoms with Crippen LogP contribution in [0.5, 0.6) is 5.75 Å². The first-order valence-corrected chi connectivity index (χ1v) is 3.99. The Morgan fingerprint density at radius 1 is 1.71 bits per heavy atom. The van der Waals surface area contributed by atoms with Crippen LogP contribution in [0.1, 0.15) is 16.8 Å². The van der Waals surface area contributed by atoms with Gasteiger partial charge in [-0.3, -0.25) is 4.98 Å². The Bertz CT molecular complexity index is 368. The van der Waals surface area contributed by atoms with Crippen molar-refractivity contribution in [1.82, 2.24) is 4.98 Å². The lowest BCUT2D eigenvalue weighted by molar-refractivity contribution is 0.0692. The van der Waals surface area contributed by atoms with E-state index in [1.165, 1.54) is 18.5 Å². The highest BCUT2D eigenvalue weighted by atomic mass is 16.5. The van der Waals surface area contributed by atoms with E-state index >= 15 is 0 Å². The molecule has 1 rings (SSSR count). The molecule has 0 unspecified atom stereocenters. The SMILES string of the molecule is C#CCCOc1ccncc1C(=O)O. The molecular weight excluding hydrogens is 182 g/mol. The standard InChI is InChI=1S/C10H9NO3/c1-2-3-6-14-9-4-5-11-7-8(9)10(12)13/h1,4-5,7H,3,6H2,(H,12,13). The van der Waals surface area contributed by atoms with E-state index in [0.29, 0.717) is 18.8 Å². The molecule has 0 saturated carbocycles. The highest BCUT2D eigenvalue weighted by Crippen LogP contribution is 2.16. The summed E-state index contributed by atoms with van der Waals surface area (Å²) in [6, 6.07) is 1.50. The van der Waals surface area contributed by atoms with Gasteiger partial charge in [0, 0.05) is 18.8 Å². The number of pyridine rings is 1. The molecule has 1 heterocycles. The molecule has 0 spiro atoms. The van der Waals surface area contributed by atoms with Crippen LogP contribution in [0.25, 0.3) is 0 Å². The molecule has 4 heteroatoms. The number of carboxylic acids is 1. The molecule has 0 saturated heterocycles. The molecule has 14 heavy (non-hydrogen) atoms. The minimum Gasteiger partial charge on any atom is -0.492 e. The molecule has 0 aliphatic carbocycles.